The van der Waals surface area contributed by atoms with Gasteiger partial charge < -0.3 is 25.0 Å². The van der Waals surface area contributed by atoms with Crippen molar-refractivity contribution >= 4 is 11.9 Å². The molecular formula is C28H40NO6-. The Morgan fingerprint density at radius 3 is 2.51 bits per heavy atom. The summed E-state index contributed by atoms with van der Waals surface area (Å²) in [6, 6.07) is 6.99. The summed E-state index contributed by atoms with van der Waals surface area (Å²) in [6.07, 6.45) is 4.65. The molecule has 1 heterocycles. The van der Waals surface area contributed by atoms with Gasteiger partial charge in [-0.15, -0.1) is 0 Å². The fourth-order valence-corrected chi connectivity index (χ4v) is 6.30. The predicted molar refractivity (Wildman–Crippen MR) is 129 cm³/mol. The molecule has 194 valence electrons. The highest BCUT2D eigenvalue weighted by atomic mass is 16.6. The lowest BCUT2D eigenvalue weighted by Crippen LogP contribution is -2.46. The Kier molecular flexibility index (Phi) is 8.50. The van der Waals surface area contributed by atoms with E-state index in [1.54, 1.807) is 12.1 Å². The predicted octanol–water partition coefficient (Wildman–Crippen LogP) is 3.60. The van der Waals surface area contributed by atoms with Gasteiger partial charge in [-0.05, 0) is 92.6 Å². The highest BCUT2D eigenvalue weighted by Gasteiger charge is 2.41. The zero-order valence-electron chi connectivity index (χ0n) is 21.2. The molecule has 0 bridgehead atoms. The number of hydrogen-bond acceptors (Lipinski definition) is 5. The Labute approximate surface area is 208 Å². The second kappa shape index (κ2) is 11.4. The molecule has 1 aromatic carbocycles. The van der Waals surface area contributed by atoms with E-state index in [4.69, 9.17) is 14.6 Å². The molecule has 1 aromatic rings. The lowest BCUT2D eigenvalue weighted by Gasteiger charge is -2.46. The molecule has 2 unspecified atom stereocenters. The van der Waals surface area contributed by atoms with E-state index in [2.05, 4.69) is 19.2 Å². The maximum absolute atomic E-state index is 13.0. The molecule has 1 saturated heterocycles. The number of aliphatic carboxylic acids is 1. The van der Waals surface area contributed by atoms with Crippen molar-refractivity contribution in [2.45, 2.75) is 84.3 Å². The van der Waals surface area contributed by atoms with Crippen LogP contribution in [0.3, 0.4) is 0 Å². The van der Waals surface area contributed by atoms with Crippen molar-refractivity contribution in [1.29, 1.82) is 0 Å². The number of carboxylic acids is 1. The third-order valence-corrected chi connectivity index (χ3v) is 8.82. The molecule has 1 amide bonds. The van der Waals surface area contributed by atoms with Crippen molar-refractivity contribution in [2.75, 3.05) is 6.61 Å². The topological polar surface area (TPSA) is 108 Å². The van der Waals surface area contributed by atoms with Gasteiger partial charge in [0, 0.05) is 11.6 Å². The number of rotatable bonds is 8. The minimum atomic E-state index is -1.10. The molecule has 3 fully saturated rings. The zero-order chi connectivity index (χ0) is 25.1. The highest BCUT2D eigenvalue weighted by Crippen LogP contribution is 2.46. The smallest absolute Gasteiger partial charge is 0.306 e. The number of hydrogen-bond donors (Lipinski definition) is 2. The molecule has 3 aliphatic rings. The molecule has 0 spiro atoms. The molecule has 2 N–H and O–H groups in total. The molecule has 1 aliphatic heterocycles. The molecule has 4 rings (SSSR count). The summed E-state index contributed by atoms with van der Waals surface area (Å²) < 4.78 is 11.9. The number of ether oxygens (including phenoxy) is 2. The number of nitrogens with one attached hydrogen (secondary N) is 1. The molecule has 35 heavy (non-hydrogen) atoms. The Bertz CT molecular complexity index is 867. The van der Waals surface area contributed by atoms with E-state index >= 15 is 0 Å². The Hall–Kier alpha value is -1.96. The number of carboxylic acid groups (broad SMARTS) is 1. The minimum absolute atomic E-state index is 0.0845. The van der Waals surface area contributed by atoms with Crippen molar-refractivity contribution in [1.82, 2.24) is 5.32 Å². The molecule has 7 atom stereocenters. The van der Waals surface area contributed by atoms with Crippen LogP contribution in [0.5, 0.6) is 0 Å². The first-order valence-electron chi connectivity index (χ1n) is 13.2. The van der Waals surface area contributed by atoms with E-state index in [1.807, 2.05) is 19.1 Å². The van der Waals surface area contributed by atoms with Gasteiger partial charge >= 0.3 is 5.97 Å². The van der Waals surface area contributed by atoms with Crippen LogP contribution in [-0.4, -0.2) is 42.0 Å². The van der Waals surface area contributed by atoms with Crippen LogP contribution < -0.4 is 10.4 Å². The lowest BCUT2D eigenvalue weighted by atomic mass is 9.62. The maximum atomic E-state index is 13.0. The standard InChI is InChI=1S/C28H40NO6/c1-16-4-10-24(25-15-34-17(2)5-11-23(16)25)18(3)28(33)35-14-19-6-8-20(9-7-19)26(30)29-22-12-21(13-22)27(31)32/h6-9,16-18,21-25,28H,4-5,10-15H2,1-3H3,(H,29,30)(H,31,32)/q-1/t16-,17?,18-,21?,22?,23+,24+,25?,28-/m1/s1. The normalized spacial score (nSPS) is 34.6. The number of carbonyl (C=O) groups excluding carboxylic acids is 1. The number of benzene rings is 1. The van der Waals surface area contributed by atoms with Crippen molar-refractivity contribution < 1.29 is 29.3 Å². The number of amides is 1. The van der Waals surface area contributed by atoms with Crippen molar-refractivity contribution in [3.8, 4) is 0 Å². The van der Waals surface area contributed by atoms with E-state index in [0.29, 0.717) is 48.2 Å². The van der Waals surface area contributed by atoms with Gasteiger partial charge in [0.05, 0.1) is 25.2 Å². The van der Waals surface area contributed by atoms with Crippen molar-refractivity contribution in [3.05, 3.63) is 35.4 Å². The van der Waals surface area contributed by atoms with Crippen LogP contribution in [0.2, 0.25) is 0 Å². The van der Waals surface area contributed by atoms with Crippen LogP contribution in [-0.2, 0) is 20.9 Å². The SMILES string of the molecule is CC1CC[C@@H]2C(CO1)[C@H]([C@@H](C)[C@H]([O-])OCc1ccc(C(=O)NC3CC(C(=O)O)C3)cc1)CC[C@H]2C. The summed E-state index contributed by atoms with van der Waals surface area (Å²) >= 11 is 0. The maximum Gasteiger partial charge on any atom is 0.306 e. The van der Waals surface area contributed by atoms with E-state index in [1.165, 1.54) is 12.8 Å². The summed E-state index contributed by atoms with van der Waals surface area (Å²) in [5.41, 5.74) is 1.37. The first kappa shape index (κ1) is 26.1. The summed E-state index contributed by atoms with van der Waals surface area (Å²) in [7, 11) is 0. The Morgan fingerprint density at radius 2 is 1.83 bits per heavy atom. The molecule has 0 radical (unpaired) electrons. The average Bonchev–Trinajstić information content (AvgIpc) is 3.01. The molecule has 2 saturated carbocycles. The Balaban J connectivity index is 1.26. The largest absolute Gasteiger partial charge is 0.831 e. The van der Waals surface area contributed by atoms with Gasteiger partial charge in [0.15, 0.2) is 0 Å². The van der Waals surface area contributed by atoms with Crippen LogP contribution in [0.15, 0.2) is 24.3 Å². The second-order valence-electron chi connectivity index (χ2n) is 11.2. The minimum Gasteiger partial charge on any atom is -0.831 e. The van der Waals surface area contributed by atoms with Gasteiger partial charge in [0.25, 0.3) is 5.91 Å². The fourth-order valence-electron chi connectivity index (χ4n) is 6.30. The van der Waals surface area contributed by atoms with E-state index in [0.717, 1.165) is 25.0 Å². The van der Waals surface area contributed by atoms with Crippen LogP contribution in [0, 0.1) is 35.5 Å². The average molecular weight is 487 g/mol. The summed E-state index contributed by atoms with van der Waals surface area (Å²) in [5, 5.41) is 24.9. The van der Waals surface area contributed by atoms with Crippen LogP contribution in [0.25, 0.3) is 0 Å². The fraction of sp³-hybridized carbons (Fsp3) is 0.714. The van der Waals surface area contributed by atoms with E-state index in [-0.39, 0.29) is 30.4 Å². The van der Waals surface area contributed by atoms with Crippen molar-refractivity contribution in [3.63, 3.8) is 0 Å². The van der Waals surface area contributed by atoms with Crippen LogP contribution in [0.1, 0.15) is 75.2 Å². The first-order valence-corrected chi connectivity index (χ1v) is 13.2. The summed E-state index contributed by atoms with van der Waals surface area (Å²) in [5.74, 6) is 0.603. The van der Waals surface area contributed by atoms with E-state index < -0.39 is 12.3 Å². The van der Waals surface area contributed by atoms with Gasteiger partial charge in [-0.2, -0.15) is 0 Å². The highest BCUT2D eigenvalue weighted by molar-refractivity contribution is 5.94. The molecular weight excluding hydrogens is 446 g/mol. The lowest BCUT2D eigenvalue weighted by molar-refractivity contribution is -0.510. The number of carbonyl (C=O) groups is 2. The third kappa shape index (κ3) is 6.25. The number of fused-ring (bicyclic) bond motifs is 1. The van der Waals surface area contributed by atoms with Crippen LogP contribution in [0.4, 0.5) is 0 Å². The van der Waals surface area contributed by atoms with Gasteiger partial charge in [0.1, 0.15) is 0 Å². The van der Waals surface area contributed by atoms with Gasteiger partial charge in [-0.3, -0.25) is 9.59 Å². The van der Waals surface area contributed by atoms with E-state index in [9.17, 15) is 14.7 Å². The zero-order valence-corrected chi connectivity index (χ0v) is 21.2. The first-order chi connectivity index (χ1) is 16.7. The molecule has 7 nitrogen and oxygen atoms in total. The quantitative estimate of drug-likeness (QED) is 0.544. The summed E-state index contributed by atoms with van der Waals surface area (Å²) in [4.78, 5) is 23.3. The van der Waals surface area contributed by atoms with Gasteiger partial charge in [0.2, 0.25) is 0 Å². The van der Waals surface area contributed by atoms with Crippen LogP contribution >= 0.6 is 0 Å². The Morgan fingerprint density at radius 1 is 1.11 bits per heavy atom. The third-order valence-electron chi connectivity index (χ3n) is 8.82. The molecule has 2 aliphatic carbocycles. The summed E-state index contributed by atoms with van der Waals surface area (Å²) in [6.45, 7) is 7.50. The van der Waals surface area contributed by atoms with Crippen molar-refractivity contribution in [2.24, 2.45) is 35.5 Å². The monoisotopic (exact) mass is 486 g/mol. The van der Waals surface area contributed by atoms with Gasteiger partial charge in [-0.25, -0.2) is 0 Å². The molecule has 7 heteroatoms. The molecule has 0 aromatic heterocycles. The van der Waals surface area contributed by atoms with Gasteiger partial charge in [-0.1, -0.05) is 32.4 Å². The second-order valence-corrected chi connectivity index (χ2v) is 11.2.